The van der Waals surface area contributed by atoms with E-state index in [0.29, 0.717) is 0 Å². The molecule has 0 unspecified atom stereocenters. The molecule has 0 aliphatic rings. The van der Waals surface area contributed by atoms with Gasteiger partial charge in [0.1, 0.15) is 0 Å². The Labute approximate surface area is 62.4 Å². The van der Waals surface area contributed by atoms with Crippen molar-refractivity contribution in [1.29, 1.82) is 0 Å². The smallest absolute Gasteiger partial charge is 0.285 e. The van der Waals surface area contributed by atoms with Crippen molar-refractivity contribution in [3.63, 3.8) is 0 Å². The van der Waals surface area contributed by atoms with Crippen LogP contribution in [0.1, 0.15) is 0 Å². The molecule has 0 saturated heterocycles. The van der Waals surface area contributed by atoms with E-state index in [0.717, 1.165) is 5.06 Å². The molecular formula is C3H6BINO2. The Morgan fingerprint density at radius 1 is 1.88 bits per heavy atom. The first-order valence-electron chi connectivity index (χ1n) is 1.97. The van der Waals surface area contributed by atoms with Gasteiger partial charge in [0.2, 0.25) is 5.81 Å². The number of carbonyl (C=O) groups excluding carboxylic acids is 1. The first-order valence-corrected chi connectivity index (χ1v) is 3.22. The van der Waals surface area contributed by atoms with Crippen LogP contribution >= 0.6 is 22.4 Å². The van der Waals surface area contributed by atoms with E-state index in [-0.39, 0.29) is 5.81 Å². The van der Waals surface area contributed by atoms with E-state index < -0.39 is 0 Å². The van der Waals surface area contributed by atoms with Crippen LogP contribution in [0.4, 0.5) is 4.79 Å². The molecule has 3 nitrogen and oxygen atoms in total. The van der Waals surface area contributed by atoms with Gasteiger partial charge in [-0.2, -0.15) is 0 Å². The summed E-state index contributed by atoms with van der Waals surface area (Å²) in [6.07, 6.45) is 0. The highest BCUT2D eigenvalue weighted by Gasteiger charge is 2.04. The molecule has 1 amide bonds. The fourth-order valence-electron chi connectivity index (χ4n) is 0.159. The fraction of sp³-hybridized carbons (Fsp3) is 0.667. The maximum Gasteiger partial charge on any atom is 0.320 e. The topological polar surface area (TPSA) is 29.5 Å². The van der Waals surface area contributed by atoms with Crippen molar-refractivity contribution in [3.05, 3.63) is 0 Å². The Bertz CT molecular complexity index is 89.4. The van der Waals surface area contributed by atoms with Crippen LogP contribution in [0, 0.1) is 0 Å². The average Bonchev–Trinajstić information content (AvgIpc) is 1.84. The van der Waals surface area contributed by atoms with Crippen LogP contribution < -0.4 is 0 Å². The van der Waals surface area contributed by atoms with Crippen LogP contribution in [0.15, 0.2) is 0 Å². The maximum absolute atomic E-state index is 10.5. The molecule has 0 rings (SSSR count). The predicted molar refractivity (Wildman–Crippen MR) is 39.9 cm³/mol. The quantitative estimate of drug-likeness (QED) is 0.393. The number of halogens is 1. The number of nitrogens with zero attached hydrogens (tertiary/aromatic N) is 1. The van der Waals surface area contributed by atoms with Gasteiger partial charge in [-0.05, 0) is 0 Å². The summed E-state index contributed by atoms with van der Waals surface area (Å²) < 4.78 is 0. The van der Waals surface area contributed by atoms with Crippen molar-refractivity contribution in [2.75, 3.05) is 14.2 Å². The second-order valence-corrected chi connectivity index (χ2v) is 1.75. The molecule has 0 aliphatic heterocycles. The Kier molecular flexibility index (Phi) is 4.25. The van der Waals surface area contributed by atoms with Crippen LogP contribution in [0.5, 0.6) is 0 Å². The number of rotatable bonds is 2. The van der Waals surface area contributed by atoms with Crippen molar-refractivity contribution in [3.8, 4) is 0 Å². The van der Waals surface area contributed by atoms with Gasteiger partial charge in [-0.3, -0.25) is 9.63 Å². The SMILES string of the molecule is CON(C)C(=O)[B]I. The molecule has 0 N–H and O–H groups in total. The molecule has 45 valence electrons. The Hall–Kier alpha value is 0.225. The lowest BCUT2D eigenvalue weighted by atomic mass is 10.1. The monoisotopic (exact) mass is 226 g/mol. The molecule has 0 aromatic rings. The average molecular weight is 226 g/mol. The summed E-state index contributed by atoms with van der Waals surface area (Å²) >= 11 is 1.86. The predicted octanol–water partition coefficient (Wildman–Crippen LogP) is 0.654. The lowest BCUT2D eigenvalue weighted by molar-refractivity contribution is -0.0555. The van der Waals surface area contributed by atoms with Gasteiger partial charge >= 0.3 is 5.14 Å². The van der Waals surface area contributed by atoms with E-state index in [2.05, 4.69) is 4.84 Å². The number of hydrogen-bond donors (Lipinski definition) is 0. The number of carbonyl (C=O) groups is 1. The molecular weight excluding hydrogens is 220 g/mol. The van der Waals surface area contributed by atoms with Gasteiger partial charge in [-0.25, -0.2) is 5.06 Å². The Morgan fingerprint density at radius 3 is 2.50 bits per heavy atom. The number of hydrogen-bond acceptors (Lipinski definition) is 2. The van der Waals surface area contributed by atoms with E-state index in [1.54, 1.807) is 7.05 Å². The largest absolute Gasteiger partial charge is 0.320 e. The summed E-state index contributed by atoms with van der Waals surface area (Å²) in [5.41, 5.74) is 0. The lowest BCUT2D eigenvalue weighted by Gasteiger charge is -2.10. The minimum Gasteiger partial charge on any atom is -0.285 e. The van der Waals surface area contributed by atoms with Crippen LogP contribution in [0.25, 0.3) is 0 Å². The second-order valence-electron chi connectivity index (χ2n) is 1.13. The molecule has 0 saturated carbocycles. The standard InChI is InChI=1S/C3H6BINO2/c1-6(8-2)3(7)4-5/h1-2H3. The van der Waals surface area contributed by atoms with Crippen molar-refractivity contribution < 1.29 is 9.63 Å². The highest BCUT2D eigenvalue weighted by Crippen LogP contribution is 1.87. The first-order chi connectivity index (χ1) is 3.72. The van der Waals surface area contributed by atoms with Crippen LogP contribution in [0.2, 0.25) is 0 Å². The Morgan fingerprint density at radius 2 is 2.38 bits per heavy atom. The van der Waals surface area contributed by atoms with Gasteiger partial charge in [0.25, 0.3) is 0 Å². The minimum absolute atomic E-state index is 0.145. The lowest BCUT2D eigenvalue weighted by Crippen LogP contribution is -2.26. The summed E-state index contributed by atoms with van der Waals surface area (Å²) in [6, 6.07) is 0. The number of amides is 1. The van der Waals surface area contributed by atoms with E-state index in [4.69, 9.17) is 0 Å². The Balaban J connectivity index is 3.46. The van der Waals surface area contributed by atoms with Gasteiger partial charge in [-0.1, -0.05) is 0 Å². The maximum atomic E-state index is 10.5. The molecule has 0 bridgehead atoms. The molecule has 0 atom stereocenters. The summed E-state index contributed by atoms with van der Waals surface area (Å²) in [4.78, 5) is 15.0. The summed E-state index contributed by atoms with van der Waals surface area (Å²) in [5.74, 6) is -0.145. The van der Waals surface area contributed by atoms with Crippen LogP contribution in [-0.4, -0.2) is 30.2 Å². The summed E-state index contributed by atoms with van der Waals surface area (Å²) in [7, 11) is 3.00. The molecule has 0 spiro atoms. The van der Waals surface area contributed by atoms with Crippen molar-refractivity contribution in [2.24, 2.45) is 0 Å². The molecule has 0 heterocycles. The first kappa shape index (κ1) is 8.22. The zero-order valence-electron chi connectivity index (χ0n) is 4.72. The zero-order valence-corrected chi connectivity index (χ0v) is 6.88. The summed E-state index contributed by atoms with van der Waals surface area (Å²) in [5, 5.41) is 2.55. The molecule has 0 aliphatic carbocycles. The van der Waals surface area contributed by atoms with Gasteiger partial charge in [0.15, 0.2) is 0 Å². The van der Waals surface area contributed by atoms with E-state index >= 15 is 0 Å². The van der Waals surface area contributed by atoms with Gasteiger partial charge in [0, 0.05) is 7.05 Å². The number of hydroxylamine groups is 2. The van der Waals surface area contributed by atoms with Gasteiger partial charge < -0.3 is 0 Å². The summed E-state index contributed by atoms with van der Waals surface area (Å²) in [6.45, 7) is 0. The van der Waals surface area contributed by atoms with Crippen molar-refractivity contribution >= 4 is 33.3 Å². The molecule has 8 heavy (non-hydrogen) atoms. The third-order valence-electron chi connectivity index (χ3n) is 0.678. The van der Waals surface area contributed by atoms with Crippen molar-refractivity contribution in [1.82, 2.24) is 5.06 Å². The van der Waals surface area contributed by atoms with E-state index in [1.165, 1.54) is 12.2 Å². The van der Waals surface area contributed by atoms with E-state index in [9.17, 15) is 4.79 Å². The normalized spacial score (nSPS) is 8.38. The highest BCUT2D eigenvalue weighted by molar-refractivity contribution is 14.1. The van der Waals surface area contributed by atoms with Crippen LogP contribution in [-0.2, 0) is 4.84 Å². The fourth-order valence-corrected chi connectivity index (χ4v) is 0.551. The third-order valence-corrected chi connectivity index (χ3v) is 1.21. The third kappa shape index (κ3) is 2.51. The molecule has 0 aromatic heterocycles. The zero-order chi connectivity index (χ0) is 6.57. The van der Waals surface area contributed by atoms with Crippen LogP contribution in [0.3, 0.4) is 0 Å². The molecule has 1 radical (unpaired) electrons. The van der Waals surface area contributed by atoms with Gasteiger partial charge in [0.05, 0.1) is 7.11 Å². The van der Waals surface area contributed by atoms with E-state index in [1.807, 2.05) is 22.4 Å². The minimum atomic E-state index is -0.145. The van der Waals surface area contributed by atoms with Gasteiger partial charge in [-0.15, -0.1) is 22.4 Å². The molecule has 0 aromatic carbocycles. The van der Waals surface area contributed by atoms with Crippen molar-refractivity contribution in [2.45, 2.75) is 0 Å². The molecule has 5 heteroatoms. The highest BCUT2D eigenvalue weighted by atomic mass is 127. The second kappa shape index (κ2) is 4.14. The molecule has 0 fully saturated rings.